The smallest absolute Gasteiger partial charge is 0.254 e. The number of rotatable bonds is 7. The fourth-order valence-electron chi connectivity index (χ4n) is 2.49. The lowest BCUT2D eigenvalue weighted by atomic mass is 10.0. The van der Waals surface area contributed by atoms with Gasteiger partial charge in [0.25, 0.3) is 5.91 Å². The van der Waals surface area contributed by atoms with Crippen LogP contribution in [0, 0.1) is 0 Å². The second-order valence-corrected chi connectivity index (χ2v) is 5.52. The van der Waals surface area contributed by atoms with Gasteiger partial charge in [-0.05, 0) is 49.3 Å². The molecule has 0 bridgehead atoms. The number of hydrogen-bond acceptors (Lipinski definition) is 3. The average Bonchev–Trinajstić information content (AvgIpc) is 2.60. The molecule has 1 N–H and O–H groups in total. The number of ether oxygens (including phenoxy) is 1. The molecule has 122 valence electrons. The lowest BCUT2D eigenvalue weighted by Gasteiger charge is -2.19. The Balaban J connectivity index is 2.09. The number of amides is 1. The van der Waals surface area contributed by atoms with Crippen LogP contribution in [0.3, 0.4) is 0 Å². The second-order valence-electron chi connectivity index (χ2n) is 5.52. The van der Waals surface area contributed by atoms with Gasteiger partial charge in [-0.2, -0.15) is 0 Å². The summed E-state index contributed by atoms with van der Waals surface area (Å²) in [5.41, 5.74) is 2.93. The molecule has 2 rings (SSSR count). The maximum absolute atomic E-state index is 12.7. The minimum Gasteiger partial charge on any atom is -0.497 e. The Morgan fingerprint density at radius 1 is 1.13 bits per heavy atom. The summed E-state index contributed by atoms with van der Waals surface area (Å²) in [6.07, 6.45) is 0.842. The molecule has 2 aromatic rings. The van der Waals surface area contributed by atoms with Crippen LogP contribution in [0.25, 0.3) is 0 Å². The van der Waals surface area contributed by atoms with Gasteiger partial charge in [-0.25, -0.2) is 0 Å². The van der Waals surface area contributed by atoms with Crippen molar-refractivity contribution in [2.24, 2.45) is 0 Å². The van der Waals surface area contributed by atoms with Gasteiger partial charge in [0.05, 0.1) is 7.11 Å². The van der Waals surface area contributed by atoms with Crippen LogP contribution in [0.1, 0.15) is 21.5 Å². The van der Waals surface area contributed by atoms with Crippen LogP contribution in [0.4, 0.5) is 0 Å². The van der Waals surface area contributed by atoms with Crippen LogP contribution in [-0.4, -0.2) is 38.6 Å². The molecule has 23 heavy (non-hydrogen) atoms. The first-order chi connectivity index (χ1) is 11.2. The summed E-state index contributed by atoms with van der Waals surface area (Å²) in [4.78, 5) is 14.5. The zero-order valence-electron chi connectivity index (χ0n) is 14.0. The van der Waals surface area contributed by atoms with E-state index in [0.29, 0.717) is 6.54 Å². The molecule has 1 amide bonds. The molecular weight excluding hydrogens is 288 g/mol. The minimum atomic E-state index is 0.0486. The van der Waals surface area contributed by atoms with Gasteiger partial charge in [-0.1, -0.05) is 30.3 Å². The third-order valence-corrected chi connectivity index (χ3v) is 3.82. The van der Waals surface area contributed by atoms with Crippen LogP contribution in [0.5, 0.6) is 5.75 Å². The van der Waals surface area contributed by atoms with E-state index in [1.807, 2.05) is 62.6 Å². The van der Waals surface area contributed by atoms with Crippen LogP contribution in [0.15, 0.2) is 48.5 Å². The molecule has 4 heteroatoms. The topological polar surface area (TPSA) is 41.6 Å². The Hall–Kier alpha value is -2.33. The molecule has 0 aliphatic heterocycles. The lowest BCUT2D eigenvalue weighted by Crippen LogP contribution is -2.27. The number of nitrogens with one attached hydrogen (secondary N) is 1. The van der Waals surface area contributed by atoms with Crippen molar-refractivity contribution < 1.29 is 9.53 Å². The van der Waals surface area contributed by atoms with Crippen LogP contribution in [0.2, 0.25) is 0 Å². The SMILES string of the molecule is CNCCc1ccccc1C(=O)N(C)Cc1ccc(OC)cc1. The van der Waals surface area contributed by atoms with Crippen molar-refractivity contribution in [1.29, 1.82) is 0 Å². The lowest BCUT2D eigenvalue weighted by molar-refractivity contribution is 0.0784. The highest BCUT2D eigenvalue weighted by molar-refractivity contribution is 5.95. The number of benzene rings is 2. The third kappa shape index (κ3) is 4.57. The van der Waals surface area contributed by atoms with Gasteiger partial charge in [-0.3, -0.25) is 4.79 Å². The quantitative estimate of drug-likeness (QED) is 0.855. The van der Waals surface area contributed by atoms with E-state index in [-0.39, 0.29) is 5.91 Å². The minimum absolute atomic E-state index is 0.0486. The van der Waals surface area contributed by atoms with Gasteiger partial charge >= 0.3 is 0 Å². The summed E-state index contributed by atoms with van der Waals surface area (Å²) in [5.74, 6) is 0.868. The number of likely N-dealkylation sites (N-methyl/N-ethyl adjacent to an activating group) is 1. The molecule has 0 saturated carbocycles. The molecular formula is C19H24N2O2. The summed E-state index contributed by atoms with van der Waals surface area (Å²) in [7, 11) is 5.40. The normalized spacial score (nSPS) is 10.4. The Labute approximate surface area is 138 Å². The second kappa shape index (κ2) is 8.34. The third-order valence-electron chi connectivity index (χ3n) is 3.82. The molecule has 0 aliphatic rings. The van der Waals surface area contributed by atoms with E-state index in [9.17, 15) is 4.79 Å². The van der Waals surface area contributed by atoms with Gasteiger partial charge < -0.3 is 15.0 Å². The standard InChI is InChI=1S/C19H24N2O2/c1-20-13-12-16-6-4-5-7-18(16)19(22)21(2)14-15-8-10-17(23-3)11-9-15/h4-11,20H,12-14H2,1-3H3. The van der Waals surface area contributed by atoms with Gasteiger partial charge in [0.1, 0.15) is 5.75 Å². The molecule has 0 heterocycles. The van der Waals surface area contributed by atoms with E-state index in [2.05, 4.69) is 5.32 Å². The number of carbonyl (C=O) groups excluding carboxylic acids is 1. The average molecular weight is 312 g/mol. The van der Waals surface area contributed by atoms with E-state index >= 15 is 0 Å². The Morgan fingerprint density at radius 3 is 2.48 bits per heavy atom. The van der Waals surface area contributed by atoms with Crippen molar-refractivity contribution in [3.8, 4) is 5.75 Å². The van der Waals surface area contributed by atoms with Crippen molar-refractivity contribution in [2.75, 3.05) is 27.7 Å². The first-order valence-electron chi connectivity index (χ1n) is 7.76. The molecule has 0 saturated heterocycles. The first kappa shape index (κ1) is 17.0. The number of nitrogens with zero attached hydrogens (tertiary/aromatic N) is 1. The molecule has 0 radical (unpaired) electrons. The van der Waals surface area contributed by atoms with Crippen LogP contribution < -0.4 is 10.1 Å². The zero-order valence-corrected chi connectivity index (χ0v) is 14.0. The predicted molar refractivity (Wildman–Crippen MR) is 92.9 cm³/mol. The fourth-order valence-corrected chi connectivity index (χ4v) is 2.49. The summed E-state index contributed by atoms with van der Waals surface area (Å²) in [6, 6.07) is 15.6. The van der Waals surface area contributed by atoms with Crippen molar-refractivity contribution in [2.45, 2.75) is 13.0 Å². The van der Waals surface area contributed by atoms with E-state index < -0.39 is 0 Å². The maximum atomic E-state index is 12.7. The molecule has 0 unspecified atom stereocenters. The van der Waals surface area contributed by atoms with Crippen molar-refractivity contribution >= 4 is 5.91 Å². The van der Waals surface area contributed by atoms with Gasteiger partial charge in [0, 0.05) is 19.2 Å². The summed E-state index contributed by atoms with van der Waals surface area (Å²) >= 11 is 0. The molecule has 0 aliphatic carbocycles. The van der Waals surface area contributed by atoms with Crippen LogP contribution >= 0.6 is 0 Å². The number of methoxy groups -OCH3 is 1. The highest BCUT2D eigenvalue weighted by Gasteiger charge is 2.15. The van der Waals surface area contributed by atoms with E-state index in [0.717, 1.165) is 35.4 Å². The largest absolute Gasteiger partial charge is 0.497 e. The molecule has 0 atom stereocenters. The summed E-state index contributed by atoms with van der Waals surface area (Å²) < 4.78 is 5.16. The molecule has 0 fully saturated rings. The molecule has 2 aromatic carbocycles. The van der Waals surface area contributed by atoms with Crippen molar-refractivity contribution in [3.63, 3.8) is 0 Å². The fraction of sp³-hybridized carbons (Fsp3) is 0.316. The highest BCUT2D eigenvalue weighted by atomic mass is 16.5. The Bertz CT molecular complexity index is 638. The van der Waals surface area contributed by atoms with E-state index in [4.69, 9.17) is 4.74 Å². The van der Waals surface area contributed by atoms with Gasteiger partial charge in [0.15, 0.2) is 0 Å². The van der Waals surface area contributed by atoms with E-state index in [1.54, 1.807) is 12.0 Å². The predicted octanol–water partition coefficient (Wildman–Crippen LogP) is 2.73. The van der Waals surface area contributed by atoms with Crippen molar-refractivity contribution in [1.82, 2.24) is 10.2 Å². The van der Waals surface area contributed by atoms with Gasteiger partial charge in [0.2, 0.25) is 0 Å². The monoisotopic (exact) mass is 312 g/mol. The van der Waals surface area contributed by atoms with Gasteiger partial charge in [-0.15, -0.1) is 0 Å². The summed E-state index contributed by atoms with van der Waals surface area (Å²) in [5, 5.41) is 3.13. The highest BCUT2D eigenvalue weighted by Crippen LogP contribution is 2.16. The van der Waals surface area contributed by atoms with E-state index in [1.165, 1.54) is 0 Å². The van der Waals surface area contributed by atoms with Crippen molar-refractivity contribution in [3.05, 3.63) is 65.2 Å². The first-order valence-corrected chi connectivity index (χ1v) is 7.76. The maximum Gasteiger partial charge on any atom is 0.254 e. The molecule has 0 aromatic heterocycles. The Morgan fingerprint density at radius 2 is 1.83 bits per heavy atom. The Kier molecular flexibility index (Phi) is 6.18. The summed E-state index contributed by atoms with van der Waals surface area (Å²) in [6.45, 7) is 1.43. The number of hydrogen-bond donors (Lipinski definition) is 1. The zero-order chi connectivity index (χ0) is 16.7. The molecule has 4 nitrogen and oxygen atoms in total. The molecule has 0 spiro atoms. The number of carbonyl (C=O) groups is 1. The van der Waals surface area contributed by atoms with Crippen LogP contribution in [-0.2, 0) is 13.0 Å².